The van der Waals surface area contributed by atoms with Gasteiger partial charge in [-0.15, -0.1) is 0 Å². The zero-order valence-electron chi connectivity index (χ0n) is 10.8. The highest BCUT2D eigenvalue weighted by Crippen LogP contribution is 2.51. The molecule has 1 saturated heterocycles. The summed E-state index contributed by atoms with van der Waals surface area (Å²) in [7, 11) is 0. The standard InChI is InChI=1S/C17H13BrO2/c1-10-11-6-2-3-7-12(11)17-19-15(10)16(20-17)13-8-4-5-9-14(13)18/h2-9,15-17H,1H2. The molecule has 100 valence electrons. The Morgan fingerprint density at radius 1 is 0.850 bits per heavy atom. The second-order valence-corrected chi connectivity index (χ2v) is 5.93. The van der Waals surface area contributed by atoms with Crippen LogP contribution in [0.5, 0.6) is 0 Å². The minimum Gasteiger partial charge on any atom is -0.337 e. The number of hydrogen-bond donors (Lipinski definition) is 0. The molecule has 2 aromatic rings. The van der Waals surface area contributed by atoms with Crippen molar-refractivity contribution in [2.24, 2.45) is 0 Å². The molecule has 4 rings (SSSR count). The van der Waals surface area contributed by atoms with Crippen LogP contribution in [0.3, 0.4) is 0 Å². The van der Waals surface area contributed by atoms with Gasteiger partial charge in [-0.05, 0) is 22.8 Å². The summed E-state index contributed by atoms with van der Waals surface area (Å²) >= 11 is 3.59. The van der Waals surface area contributed by atoms with Crippen LogP contribution < -0.4 is 0 Å². The van der Waals surface area contributed by atoms with Gasteiger partial charge in [-0.1, -0.05) is 65.0 Å². The van der Waals surface area contributed by atoms with Gasteiger partial charge >= 0.3 is 0 Å². The van der Waals surface area contributed by atoms with Gasteiger partial charge in [-0.25, -0.2) is 0 Å². The summed E-state index contributed by atoms with van der Waals surface area (Å²) in [5.74, 6) is 0. The van der Waals surface area contributed by atoms with E-state index >= 15 is 0 Å². The largest absolute Gasteiger partial charge is 0.337 e. The molecule has 0 N–H and O–H groups in total. The summed E-state index contributed by atoms with van der Waals surface area (Å²) in [4.78, 5) is 0. The number of hydrogen-bond acceptors (Lipinski definition) is 2. The highest BCUT2D eigenvalue weighted by atomic mass is 79.9. The van der Waals surface area contributed by atoms with Crippen LogP contribution >= 0.6 is 15.9 Å². The van der Waals surface area contributed by atoms with Crippen LogP contribution in [-0.4, -0.2) is 6.10 Å². The molecule has 0 spiro atoms. The van der Waals surface area contributed by atoms with Gasteiger partial charge in [0, 0.05) is 10.0 Å². The molecule has 2 aliphatic rings. The maximum absolute atomic E-state index is 6.14. The Bertz CT molecular complexity index is 695. The predicted octanol–water partition coefficient (Wildman–Crippen LogP) is 4.63. The quantitative estimate of drug-likeness (QED) is 0.759. The number of rotatable bonds is 1. The van der Waals surface area contributed by atoms with Crippen LogP contribution in [-0.2, 0) is 9.47 Å². The summed E-state index contributed by atoms with van der Waals surface area (Å²) in [5, 5.41) is 0. The van der Waals surface area contributed by atoms with Gasteiger partial charge in [-0.3, -0.25) is 0 Å². The second kappa shape index (κ2) is 4.55. The summed E-state index contributed by atoms with van der Waals surface area (Å²) in [6.45, 7) is 4.22. The van der Waals surface area contributed by atoms with E-state index in [0.29, 0.717) is 0 Å². The van der Waals surface area contributed by atoms with Crippen molar-refractivity contribution in [3.63, 3.8) is 0 Å². The Morgan fingerprint density at radius 3 is 2.30 bits per heavy atom. The first kappa shape index (κ1) is 12.3. The third-order valence-electron chi connectivity index (χ3n) is 3.93. The van der Waals surface area contributed by atoms with Gasteiger partial charge in [0.05, 0.1) is 0 Å². The lowest BCUT2D eigenvalue weighted by Gasteiger charge is -2.24. The lowest BCUT2D eigenvalue weighted by molar-refractivity contribution is -0.0677. The Morgan fingerprint density at radius 2 is 1.50 bits per heavy atom. The zero-order valence-corrected chi connectivity index (χ0v) is 12.3. The molecule has 2 heterocycles. The van der Waals surface area contributed by atoms with Gasteiger partial charge in [0.15, 0.2) is 6.29 Å². The summed E-state index contributed by atoms with van der Waals surface area (Å²) < 4.78 is 13.2. The monoisotopic (exact) mass is 328 g/mol. The second-order valence-electron chi connectivity index (χ2n) is 5.08. The van der Waals surface area contributed by atoms with E-state index in [1.807, 2.05) is 36.4 Å². The van der Waals surface area contributed by atoms with E-state index < -0.39 is 0 Å². The van der Waals surface area contributed by atoms with Crippen molar-refractivity contribution in [1.82, 2.24) is 0 Å². The Balaban J connectivity index is 1.80. The first-order chi connectivity index (χ1) is 9.75. The average Bonchev–Trinajstić information content (AvgIpc) is 2.87. The molecular formula is C17H13BrO2. The van der Waals surface area contributed by atoms with Gasteiger partial charge in [0.2, 0.25) is 0 Å². The number of ether oxygens (including phenoxy) is 2. The summed E-state index contributed by atoms with van der Waals surface area (Å²) in [6, 6.07) is 16.3. The van der Waals surface area contributed by atoms with E-state index in [0.717, 1.165) is 26.7 Å². The number of benzene rings is 2. The molecule has 3 unspecified atom stereocenters. The highest BCUT2D eigenvalue weighted by molar-refractivity contribution is 9.10. The van der Waals surface area contributed by atoms with Crippen molar-refractivity contribution < 1.29 is 9.47 Å². The third kappa shape index (κ3) is 1.71. The minimum atomic E-state index is -0.293. The van der Waals surface area contributed by atoms with Gasteiger partial charge < -0.3 is 9.47 Å². The third-order valence-corrected chi connectivity index (χ3v) is 4.65. The Hall–Kier alpha value is -1.42. The molecule has 2 nitrogen and oxygen atoms in total. The minimum absolute atomic E-state index is 0.115. The van der Waals surface area contributed by atoms with Crippen molar-refractivity contribution in [3.05, 3.63) is 76.3 Å². The van der Waals surface area contributed by atoms with Gasteiger partial charge in [-0.2, -0.15) is 0 Å². The predicted molar refractivity (Wildman–Crippen MR) is 81.1 cm³/mol. The fraction of sp³-hybridized carbons (Fsp3) is 0.176. The lowest BCUT2D eigenvalue weighted by Crippen LogP contribution is -2.20. The van der Waals surface area contributed by atoms with Crippen molar-refractivity contribution in [2.45, 2.75) is 18.5 Å². The maximum Gasteiger partial charge on any atom is 0.186 e. The van der Waals surface area contributed by atoms with Crippen molar-refractivity contribution in [2.75, 3.05) is 0 Å². The first-order valence-electron chi connectivity index (χ1n) is 6.59. The molecule has 0 saturated carbocycles. The van der Waals surface area contributed by atoms with Gasteiger partial charge in [0.1, 0.15) is 12.2 Å². The fourth-order valence-corrected chi connectivity index (χ4v) is 3.45. The summed E-state index contributed by atoms with van der Waals surface area (Å²) in [5.41, 5.74) is 4.33. The Labute approximate surface area is 126 Å². The van der Waals surface area contributed by atoms with Crippen LogP contribution in [0, 0.1) is 0 Å². The molecule has 20 heavy (non-hydrogen) atoms. The molecule has 3 atom stereocenters. The van der Waals surface area contributed by atoms with Gasteiger partial charge in [0.25, 0.3) is 0 Å². The van der Waals surface area contributed by atoms with E-state index in [4.69, 9.17) is 9.47 Å². The van der Waals surface area contributed by atoms with E-state index in [2.05, 4.69) is 34.6 Å². The van der Waals surface area contributed by atoms with E-state index in [-0.39, 0.29) is 18.5 Å². The topological polar surface area (TPSA) is 18.5 Å². The smallest absolute Gasteiger partial charge is 0.186 e. The lowest BCUT2D eigenvalue weighted by atomic mass is 9.91. The normalized spacial score (nSPS) is 27.4. The highest BCUT2D eigenvalue weighted by Gasteiger charge is 2.45. The van der Waals surface area contributed by atoms with Crippen molar-refractivity contribution >= 4 is 21.5 Å². The molecule has 3 heteroatoms. The van der Waals surface area contributed by atoms with Crippen LogP contribution in [0.2, 0.25) is 0 Å². The van der Waals surface area contributed by atoms with E-state index in [9.17, 15) is 0 Å². The van der Waals surface area contributed by atoms with Crippen LogP contribution in [0.4, 0.5) is 0 Å². The molecular weight excluding hydrogens is 316 g/mol. The molecule has 2 bridgehead atoms. The van der Waals surface area contributed by atoms with E-state index in [1.165, 1.54) is 0 Å². The fourth-order valence-electron chi connectivity index (χ4n) is 2.94. The SMILES string of the molecule is C=C1c2ccccc2C2OC1C(c1ccccc1Br)O2. The van der Waals surface area contributed by atoms with Crippen LogP contribution in [0.1, 0.15) is 29.1 Å². The maximum atomic E-state index is 6.14. The molecule has 0 aliphatic carbocycles. The molecule has 0 amide bonds. The van der Waals surface area contributed by atoms with Crippen LogP contribution in [0.15, 0.2) is 59.6 Å². The first-order valence-corrected chi connectivity index (χ1v) is 7.38. The number of halogens is 1. The van der Waals surface area contributed by atoms with E-state index in [1.54, 1.807) is 0 Å². The average molecular weight is 329 g/mol. The molecule has 2 aliphatic heterocycles. The zero-order chi connectivity index (χ0) is 13.7. The Kier molecular flexibility index (Phi) is 2.81. The molecule has 0 aromatic heterocycles. The van der Waals surface area contributed by atoms with Crippen molar-refractivity contribution in [1.29, 1.82) is 0 Å². The van der Waals surface area contributed by atoms with Crippen LogP contribution in [0.25, 0.3) is 5.57 Å². The summed E-state index contributed by atoms with van der Waals surface area (Å²) in [6.07, 6.45) is -0.525. The molecule has 2 aromatic carbocycles. The molecule has 0 radical (unpaired) electrons. The molecule has 1 fully saturated rings. The number of fused-ring (bicyclic) bond motifs is 4. The van der Waals surface area contributed by atoms with Crippen molar-refractivity contribution in [3.8, 4) is 0 Å².